The first-order valence-corrected chi connectivity index (χ1v) is 12.1. The number of nitrogens with one attached hydrogen (secondary N) is 1. The van der Waals surface area contributed by atoms with E-state index >= 15 is 0 Å². The summed E-state index contributed by atoms with van der Waals surface area (Å²) in [5.74, 6) is -0.661. The fraction of sp³-hybridized carbons (Fsp3) is 0.524. The molecular formula is C21H23F3N4O4S. The number of rotatable bonds is 3. The largest absolute Gasteiger partial charge is 0.573 e. The van der Waals surface area contributed by atoms with Crippen LogP contribution in [-0.4, -0.2) is 70.6 Å². The summed E-state index contributed by atoms with van der Waals surface area (Å²) < 4.78 is 62.4. The molecule has 0 radical (unpaired) electrons. The van der Waals surface area contributed by atoms with E-state index in [-0.39, 0.29) is 28.3 Å². The molecule has 8 nitrogen and oxygen atoms in total. The van der Waals surface area contributed by atoms with Crippen LogP contribution in [0.3, 0.4) is 0 Å². The van der Waals surface area contributed by atoms with Gasteiger partial charge in [0, 0.05) is 30.8 Å². The van der Waals surface area contributed by atoms with E-state index in [1.165, 1.54) is 18.2 Å². The van der Waals surface area contributed by atoms with E-state index in [2.05, 4.69) is 10.1 Å². The lowest BCUT2D eigenvalue weighted by Crippen LogP contribution is -2.41. The van der Waals surface area contributed by atoms with Crippen LogP contribution < -0.4 is 10.1 Å². The van der Waals surface area contributed by atoms with Gasteiger partial charge in [-0.05, 0) is 37.6 Å². The number of amides is 1. The summed E-state index contributed by atoms with van der Waals surface area (Å²) in [4.78, 5) is 15.3. The van der Waals surface area contributed by atoms with Gasteiger partial charge in [0.25, 0.3) is 5.91 Å². The molecule has 2 aromatic rings. The number of hydrogen-bond donors (Lipinski definition) is 1. The third kappa shape index (κ3) is 4.38. The second kappa shape index (κ2) is 8.73. The molecule has 5 rings (SSSR count). The van der Waals surface area contributed by atoms with Crippen LogP contribution in [0.4, 0.5) is 13.2 Å². The zero-order chi connectivity index (χ0) is 23.2. The number of halogens is 3. The molecule has 2 saturated heterocycles. The number of aromatic nitrogens is 2. The normalized spacial score (nSPS) is 23.1. The van der Waals surface area contributed by atoms with Crippen molar-refractivity contribution >= 4 is 16.7 Å². The molecule has 4 heterocycles. The Bertz CT molecular complexity index is 1090. The quantitative estimate of drug-likeness (QED) is 0.721. The van der Waals surface area contributed by atoms with Gasteiger partial charge in [0.2, 0.25) is 0 Å². The van der Waals surface area contributed by atoms with Crippen molar-refractivity contribution in [1.29, 1.82) is 0 Å². The van der Waals surface area contributed by atoms with Crippen molar-refractivity contribution < 1.29 is 31.6 Å². The van der Waals surface area contributed by atoms with Gasteiger partial charge in [-0.25, -0.2) is 0 Å². The summed E-state index contributed by atoms with van der Waals surface area (Å²) in [5, 5.41) is 8.04. The topological polar surface area (TPSA) is 85.7 Å². The van der Waals surface area contributed by atoms with Crippen LogP contribution in [0.15, 0.2) is 23.1 Å². The highest BCUT2D eigenvalue weighted by molar-refractivity contribution is 7.84. The maximum Gasteiger partial charge on any atom is 0.573 e. The minimum Gasteiger partial charge on any atom is -0.406 e. The second-order valence-electron chi connectivity index (χ2n) is 8.22. The molecule has 3 aliphatic heterocycles. The van der Waals surface area contributed by atoms with Gasteiger partial charge in [-0.15, -0.1) is 13.2 Å². The first-order chi connectivity index (χ1) is 15.8. The van der Waals surface area contributed by atoms with Gasteiger partial charge in [-0.2, -0.15) is 5.10 Å². The summed E-state index contributed by atoms with van der Waals surface area (Å²) in [6, 6.07) is 3.83. The maximum absolute atomic E-state index is 13.3. The van der Waals surface area contributed by atoms with Gasteiger partial charge in [-0.3, -0.25) is 13.7 Å². The molecule has 178 valence electrons. The molecule has 1 aromatic heterocycles. The monoisotopic (exact) mass is 484 g/mol. The van der Waals surface area contributed by atoms with E-state index in [1.807, 2.05) is 0 Å². The fourth-order valence-electron chi connectivity index (χ4n) is 4.58. The van der Waals surface area contributed by atoms with E-state index in [0.29, 0.717) is 49.7 Å². The molecule has 0 spiro atoms. The Morgan fingerprint density at radius 1 is 1.27 bits per heavy atom. The van der Waals surface area contributed by atoms with Crippen molar-refractivity contribution in [3.05, 3.63) is 29.5 Å². The highest BCUT2D eigenvalue weighted by Gasteiger charge is 2.37. The third-order valence-corrected chi connectivity index (χ3v) is 7.47. The van der Waals surface area contributed by atoms with E-state index in [0.717, 1.165) is 19.4 Å². The number of nitrogens with zero attached hydrogens (tertiary/aromatic N) is 3. The van der Waals surface area contributed by atoms with E-state index in [9.17, 15) is 22.2 Å². The Morgan fingerprint density at radius 3 is 2.76 bits per heavy atom. The van der Waals surface area contributed by atoms with Crippen LogP contribution in [-0.2, 0) is 21.3 Å². The molecule has 2 unspecified atom stereocenters. The lowest BCUT2D eigenvalue weighted by Gasteiger charge is -2.27. The number of carbonyl (C=O) groups excluding carboxylic acids is 1. The molecule has 1 N–H and O–H groups in total. The first kappa shape index (κ1) is 22.4. The number of alkyl halides is 3. The molecule has 33 heavy (non-hydrogen) atoms. The number of carbonyl (C=O) groups is 1. The number of ether oxygens (including phenoxy) is 2. The molecule has 2 fully saturated rings. The lowest BCUT2D eigenvalue weighted by atomic mass is 10.0. The average Bonchev–Trinajstić information content (AvgIpc) is 3.18. The van der Waals surface area contributed by atoms with Crippen molar-refractivity contribution in [1.82, 2.24) is 20.0 Å². The standard InChI is InChI=1S/C21H23F3N4O4S/c22-21(23,24)32-14-3-4-15-17(10-14)33(30)12-16-18(20(29)27-6-8-31-9-7-27)26-28(19(15)16)13-2-1-5-25-11-13/h3-4,10,13,25H,1-2,5-9,11-12H2. The molecule has 12 heteroatoms. The summed E-state index contributed by atoms with van der Waals surface area (Å²) in [5.41, 5.74) is 2.00. The first-order valence-electron chi connectivity index (χ1n) is 10.8. The lowest BCUT2D eigenvalue weighted by molar-refractivity contribution is -0.274. The third-order valence-electron chi connectivity index (χ3n) is 6.09. The molecule has 0 aliphatic carbocycles. The van der Waals surface area contributed by atoms with Gasteiger partial charge in [0.1, 0.15) is 5.75 Å². The zero-order valence-electron chi connectivity index (χ0n) is 17.7. The van der Waals surface area contributed by atoms with Gasteiger partial charge in [-0.1, -0.05) is 0 Å². The molecule has 2 atom stereocenters. The molecule has 0 bridgehead atoms. The minimum atomic E-state index is -4.84. The van der Waals surface area contributed by atoms with E-state index in [1.54, 1.807) is 9.58 Å². The minimum absolute atomic E-state index is 0.00334. The van der Waals surface area contributed by atoms with Crippen molar-refractivity contribution in [2.24, 2.45) is 0 Å². The Labute approximate surface area is 190 Å². The fourth-order valence-corrected chi connectivity index (χ4v) is 5.93. The van der Waals surface area contributed by atoms with Crippen molar-refractivity contribution in [2.75, 3.05) is 39.4 Å². The number of morpholine rings is 1. The molecule has 3 aliphatic rings. The van der Waals surface area contributed by atoms with Crippen LogP contribution in [0.25, 0.3) is 11.3 Å². The molecule has 1 amide bonds. The van der Waals surface area contributed by atoms with Crippen LogP contribution in [0.1, 0.15) is 34.9 Å². The van der Waals surface area contributed by atoms with E-state index in [4.69, 9.17) is 9.84 Å². The molecular weight excluding hydrogens is 461 g/mol. The van der Waals surface area contributed by atoms with Crippen LogP contribution in [0.2, 0.25) is 0 Å². The zero-order valence-corrected chi connectivity index (χ0v) is 18.5. The SMILES string of the molecule is O=C(c1nn(C2CCCNC2)c2c1CS(=O)c1cc(OC(F)(F)F)ccc1-2)N1CCOCC1. The van der Waals surface area contributed by atoms with Gasteiger partial charge >= 0.3 is 6.36 Å². The summed E-state index contributed by atoms with van der Waals surface area (Å²) in [7, 11) is -1.65. The van der Waals surface area contributed by atoms with Crippen LogP contribution in [0, 0.1) is 0 Å². The number of piperidine rings is 1. The summed E-state index contributed by atoms with van der Waals surface area (Å²) in [6.07, 6.45) is -3.06. The van der Waals surface area contributed by atoms with Gasteiger partial charge < -0.3 is 19.7 Å². The predicted molar refractivity (Wildman–Crippen MR) is 112 cm³/mol. The molecule has 1 aromatic carbocycles. The van der Waals surface area contributed by atoms with Gasteiger partial charge in [0.15, 0.2) is 5.69 Å². The second-order valence-corrected chi connectivity index (χ2v) is 9.64. The van der Waals surface area contributed by atoms with Crippen molar-refractivity contribution in [3.8, 4) is 17.0 Å². The Kier molecular flexibility index (Phi) is 5.91. The van der Waals surface area contributed by atoms with Crippen molar-refractivity contribution in [2.45, 2.75) is 35.9 Å². The molecule has 0 saturated carbocycles. The highest BCUT2D eigenvalue weighted by atomic mass is 32.2. The highest BCUT2D eigenvalue weighted by Crippen LogP contribution is 2.42. The smallest absolute Gasteiger partial charge is 0.406 e. The Hall–Kier alpha value is -2.44. The predicted octanol–water partition coefficient (Wildman–Crippen LogP) is 2.47. The number of fused-ring (bicyclic) bond motifs is 3. The average molecular weight is 485 g/mol. The summed E-state index contributed by atoms with van der Waals surface area (Å²) >= 11 is 0. The number of hydrogen-bond acceptors (Lipinski definition) is 6. The Balaban J connectivity index is 1.61. The summed E-state index contributed by atoms with van der Waals surface area (Å²) in [6.45, 7) is 3.33. The van der Waals surface area contributed by atoms with Crippen molar-refractivity contribution in [3.63, 3.8) is 0 Å². The maximum atomic E-state index is 13.3. The van der Waals surface area contributed by atoms with Gasteiger partial charge in [0.05, 0.1) is 46.4 Å². The number of benzene rings is 1. The van der Waals surface area contributed by atoms with E-state index < -0.39 is 22.9 Å². The van der Waals surface area contributed by atoms with Crippen LogP contribution in [0.5, 0.6) is 5.75 Å². The van der Waals surface area contributed by atoms with Crippen LogP contribution >= 0.6 is 0 Å². The Morgan fingerprint density at radius 2 is 2.06 bits per heavy atom.